The Hall–Kier alpha value is -0.640. The Morgan fingerprint density at radius 3 is 1.88 bits per heavy atom. The molecule has 0 aliphatic rings. The first-order valence-corrected chi connectivity index (χ1v) is 7.01. The molecule has 0 aliphatic heterocycles. The molecule has 0 saturated heterocycles. The van der Waals surface area contributed by atoms with Gasteiger partial charge in [-0.3, -0.25) is 0 Å². The summed E-state index contributed by atoms with van der Waals surface area (Å²) in [5.74, 6) is 3.03. The lowest BCUT2D eigenvalue weighted by Gasteiger charge is -2.00. The van der Waals surface area contributed by atoms with Crippen molar-refractivity contribution in [3.8, 4) is 12.0 Å². The molecule has 94 valence electrons. The zero-order chi connectivity index (χ0) is 11.9. The van der Waals surface area contributed by atoms with Crippen LogP contribution in [0.4, 0.5) is 0 Å². The number of hydrogen-bond donors (Lipinski definition) is 0. The molecule has 1 nitrogen and oxygen atoms in total. The van der Waals surface area contributed by atoms with Crippen molar-refractivity contribution in [3.63, 3.8) is 0 Å². The second kappa shape index (κ2) is 14.4. The van der Waals surface area contributed by atoms with E-state index in [0.717, 1.165) is 6.42 Å². The van der Waals surface area contributed by atoms with Gasteiger partial charge < -0.3 is 4.74 Å². The van der Waals surface area contributed by atoms with E-state index < -0.39 is 0 Å². The molecule has 0 aliphatic carbocycles. The maximum absolute atomic E-state index is 4.95. The third-order valence-electron chi connectivity index (χ3n) is 2.69. The van der Waals surface area contributed by atoms with Crippen molar-refractivity contribution in [3.05, 3.63) is 0 Å². The fourth-order valence-corrected chi connectivity index (χ4v) is 1.70. The first-order chi connectivity index (χ1) is 7.91. The Bertz CT molecular complexity index is 176. The van der Waals surface area contributed by atoms with Gasteiger partial charge in [0, 0.05) is 6.42 Å². The van der Waals surface area contributed by atoms with E-state index in [9.17, 15) is 0 Å². The molecule has 0 saturated carbocycles. The minimum atomic E-state index is 0.699. The van der Waals surface area contributed by atoms with Crippen molar-refractivity contribution >= 4 is 0 Å². The van der Waals surface area contributed by atoms with Gasteiger partial charge in [-0.25, -0.2) is 0 Å². The van der Waals surface area contributed by atoms with Crippen LogP contribution in [0.25, 0.3) is 0 Å². The topological polar surface area (TPSA) is 9.23 Å². The highest BCUT2D eigenvalue weighted by Gasteiger charge is 1.90. The molecule has 0 fully saturated rings. The fraction of sp³-hybridized carbons (Fsp3) is 0.867. The maximum Gasteiger partial charge on any atom is 0.110 e. The largest absolute Gasteiger partial charge is 0.447 e. The van der Waals surface area contributed by atoms with Crippen molar-refractivity contribution in [2.24, 2.45) is 0 Å². The number of ether oxygens (including phenoxy) is 1. The number of hydrogen-bond acceptors (Lipinski definition) is 1. The zero-order valence-electron chi connectivity index (χ0n) is 11.2. The predicted molar refractivity (Wildman–Crippen MR) is 71.2 cm³/mol. The van der Waals surface area contributed by atoms with E-state index in [2.05, 4.69) is 19.0 Å². The lowest BCUT2D eigenvalue weighted by molar-refractivity contribution is 0.298. The van der Waals surface area contributed by atoms with E-state index in [1.165, 1.54) is 57.8 Å². The summed E-state index contributed by atoms with van der Waals surface area (Å²) in [4.78, 5) is 0. The Balaban J connectivity index is 2.96. The SMILES string of the molecule is CCCCCCCCCCCC#COCC. The van der Waals surface area contributed by atoms with Crippen molar-refractivity contribution in [1.29, 1.82) is 0 Å². The van der Waals surface area contributed by atoms with Gasteiger partial charge in [-0.15, -0.1) is 0 Å². The summed E-state index contributed by atoms with van der Waals surface area (Å²) in [7, 11) is 0. The van der Waals surface area contributed by atoms with E-state index >= 15 is 0 Å². The summed E-state index contributed by atoms with van der Waals surface area (Å²) in [6, 6.07) is 0. The summed E-state index contributed by atoms with van der Waals surface area (Å²) >= 11 is 0. The lowest BCUT2D eigenvalue weighted by Crippen LogP contribution is -1.81. The highest BCUT2D eigenvalue weighted by molar-refractivity contribution is 4.90. The van der Waals surface area contributed by atoms with Crippen LogP contribution in [0.2, 0.25) is 0 Å². The second-order valence-corrected chi connectivity index (χ2v) is 4.29. The average Bonchev–Trinajstić information content (AvgIpc) is 2.31. The van der Waals surface area contributed by atoms with Crippen LogP contribution < -0.4 is 0 Å². The molecule has 0 spiro atoms. The molecule has 0 aromatic heterocycles. The Kier molecular flexibility index (Phi) is 13.8. The third-order valence-corrected chi connectivity index (χ3v) is 2.69. The Labute approximate surface area is 102 Å². The van der Waals surface area contributed by atoms with Gasteiger partial charge in [0.25, 0.3) is 0 Å². The van der Waals surface area contributed by atoms with Crippen LogP contribution in [0.5, 0.6) is 0 Å². The fourth-order valence-electron chi connectivity index (χ4n) is 1.70. The van der Waals surface area contributed by atoms with Gasteiger partial charge >= 0.3 is 0 Å². The standard InChI is InChI=1S/C15H28O/c1-3-5-6-7-8-9-10-11-12-13-14-15-16-4-2/h3-13H2,1-2H3. The van der Waals surface area contributed by atoms with E-state index in [1.54, 1.807) is 0 Å². The molecule has 0 atom stereocenters. The first-order valence-electron chi connectivity index (χ1n) is 7.01. The maximum atomic E-state index is 4.95. The zero-order valence-corrected chi connectivity index (χ0v) is 11.2. The summed E-state index contributed by atoms with van der Waals surface area (Å²) in [5.41, 5.74) is 0. The molecular formula is C15H28O. The molecule has 0 radical (unpaired) electrons. The van der Waals surface area contributed by atoms with Crippen LogP contribution in [0.1, 0.15) is 78.1 Å². The minimum Gasteiger partial charge on any atom is -0.447 e. The molecule has 0 bridgehead atoms. The normalized spacial score (nSPS) is 9.62. The van der Waals surface area contributed by atoms with Crippen LogP contribution in [-0.4, -0.2) is 6.61 Å². The molecular weight excluding hydrogens is 196 g/mol. The van der Waals surface area contributed by atoms with Crippen LogP contribution >= 0.6 is 0 Å². The van der Waals surface area contributed by atoms with Crippen molar-refractivity contribution in [2.75, 3.05) is 6.61 Å². The Morgan fingerprint density at radius 1 is 0.750 bits per heavy atom. The summed E-state index contributed by atoms with van der Waals surface area (Å²) < 4.78 is 4.95. The predicted octanol–water partition coefficient (Wildman–Crippen LogP) is 4.90. The molecule has 0 heterocycles. The van der Waals surface area contributed by atoms with Crippen molar-refractivity contribution in [2.45, 2.75) is 78.1 Å². The molecule has 0 rings (SSSR count). The molecule has 0 aromatic rings. The van der Waals surface area contributed by atoms with Crippen LogP contribution in [0, 0.1) is 12.0 Å². The quantitative estimate of drug-likeness (QED) is 0.378. The van der Waals surface area contributed by atoms with Crippen molar-refractivity contribution in [1.82, 2.24) is 0 Å². The lowest BCUT2D eigenvalue weighted by atomic mass is 10.1. The van der Waals surface area contributed by atoms with Crippen molar-refractivity contribution < 1.29 is 4.74 Å². The molecule has 0 N–H and O–H groups in total. The smallest absolute Gasteiger partial charge is 0.110 e. The summed E-state index contributed by atoms with van der Waals surface area (Å²) in [5, 5.41) is 0. The van der Waals surface area contributed by atoms with Gasteiger partial charge in [-0.1, -0.05) is 64.2 Å². The molecule has 0 aromatic carbocycles. The first kappa shape index (κ1) is 15.4. The van der Waals surface area contributed by atoms with Gasteiger partial charge in [-0.2, -0.15) is 0 Å². The molecule has 16 heavy (non-hydrogen) atoms. The van der Waals surface area contributed by atoms with E-state index in [-0.39, 0.29) is 0 Å². The van der Waals surface area contributed by atoms with Crippen LogP contribution in [-0.2, 0) is 4.74 Å². The Morgan fingerprint density at radius 2 is 1.31 bits per heavy atom. The number of rotatable bonds is 10. The number of unbranched alkanes of at least 4 members (excludes halogenated alkanes) is 9. The summed E-state index contributed by atoms with van der Waals surface area (Å²) in [6.45, 7) is 4.93. The molecule has 0 unspecified atom stereocenters. The van der Waals surface area contributed by atoms with Gasteiger partial charge in [0.1, 0.15) is 6.11 Å². The monoisotopic (exact) mass is 224 g/mol. The van der Waals surface area contributed by atoms with E-state index in [4.69, 9.17) is 4.74 Å². The van der Waals surface area contributed by atoms with Gasteiger partial charge in [-0.05, 0) is 13.3 Å². The van der Waals surface area contributed by atoms with E-state index in [1.807, 2.05) is 6.92 Å². The summed E-state index contributed by atoms with van der Waals surface area (Å²) in [6.07, 6.45) is 16.1. The average molecular weight is 224 g/mol. The second-order valence-electron chi connectivity index (χ2n) is 4.29. The van der Waals surface area contributed by atoms with Gasteiger partial charge in [0.2, 0.25) is 0 Å². The highest BCUT2D eigenvalue weighted by atomic mass is 16.5. The molecule has 1 heteroatoms. The van der Waals surface area contributed by atoms with Crippen LogP contribution in [0.3, 0.4) is 0 Å². The van der Waals surface area contributed by atoms with E-state index in [0.29, 0.717) is 6.61 Å². The van der Waals surface area contributed by atoms with Crippen LogP contribution in [0.15, 0.2) is 0 Å². The molecule has 0 amide bonds. The minimum absolute atomic E-state index is 0.699. The van der Waals surface area contributed by atoms with Gasteiger partial charge in [0.15, 0.2) is 0 Å². The van der Waals surface area contributed by atoms with Gasteiger partial charge in [0.05, 0.1) is 6.61 Å². The third kappa shape index (κ3) is 13.4. The highest BCUT2D eigenvalue weighted by Crippen LogP contribution is 2.09.